The van der Waals surface area contributed by atoms with E-state index in [0.29, 0.717) is 42.1 Å². The molecule has 0 amide bonds. The van der Waals surface area contributed by atoms with Gasteiger partial charge in [-0.25, -0.2) is 0 Å². The molecule has 0 spiro atoms. The molecule has 2 aromatic rings. The number of allylic oxidation sites excluding steroid dienone is 2. The first kappa shape index (κ1) is 20.1. The van der Waals surface area contributed by atoms with E-state index in [-0.39, 0.29) is 16.8 Å². The fraction of sp³-hybridized carbons (Fsp3) is 0.417. The molecular weight excluding hydrogens is 352 g/mol. The number of hydrogen-bond acceptors (Lipinski definition) is 4. The molecule has 4 nitrogen and oxygen atoms in total. The molecule has 0 saturated heterocycles. The van der Waals surface area contributed by atoms with E-state index in [2.05, 4.69) is 0 Å². The van der Waals surface area contributed by atoms with Crippen LogP contribution in [0.4, 0.5) is 0 Å². The Morgan fingerprint density at radius 3 is 2.29 bits per heavy atom. The number of Topliss-reactive ketones (excluding diaryl/α,β-unsaturated/α-hetero) is 1. The van der Waals surface area contributed by atoms with Gasteiger partial charge in [0.15, 0.2) is 11.2 Å². The fourth-order valence-corrected chi connectivity index (χ4v) is 4.36. The lowest BCUT2D eigenvalue weighted by Gasteiger charge is -2.37. The molecular formula is C24H28O4. The zero-order valence-corrected chi connectivity index (χ0v) is 17.6. The summed E-state index contributed by atoms with van der Waals surface area (Å²) in [6, 6.07) is 7.51. The van der Waals surface area contributed by atoms with E-state index in [4.69, 9.17) is 9.15 Å². The Morgan fingerprint density at radius 2 is 1.71 bits per heavy atom. The third-order valence-corrected chi connectivity index (χ3v) is 6.02. The predicted molar refractivity (Wildman–Crippen MR) is 111 cm³/mol. The molecule has 1 aromatic carbocycles. The second-order valence-corrected chi connectivity index (χ2v) is 7.48. The first-order valence-electron chi connectivity index (χ1n) is 9.93. The van der Waals surface area contributed by atoms with Crippen LogP contribution in [0.25, 0.3) is 11.3 Å². The minimum Gasteiger partial charge on any atom is -0.500 e. The van der Waals surface area contributed by atoms with Crippen molar-refractivity contribution in [3.05, 3.63) is 68.3 Å². The van der Waals surface area contributed by atoms with Crippen LogP contribution in [0.15, 0.2) is 44.8 Å². The number of ether oxygens (including phenoxy) is 1. The van der Waals surface area contributed by atoms with Crippen LogP contribution in [0.1, 0.15) is 67.3 Å². The molecule has 0 aliphatic heterocycles. The second-order valence-electron chi connectivity index (χ2n) is 7.48. The first-order chi connectivity index (χ1) is 13.3. The van der Waals surface area contributed by atoms with Crippen molar-refractivity contribution in [2.45, 2.75) is 59.3 Å². The Labute approximate surface area is 166 Å². The van der Waals surface area contributed by atoms with E-state index >= 15 is 0 Å². The van der Waals surface area contributed by atoms with Crippen molar-refractivity contribution in [3.63, 3.8) is 0 Å². The monoisotopic (exact) mass is 380 g/mol. The summed E-state index contributed by atoms with van der Waals surface area (Å²) in [5.74, 6) is 1.31. The van der Waals surface area contributed by atoms with Crippen molar-refractivity contribution in [2.24, 2.45) is 0 Å². The molecule has 3 rings (SSSR count). The van der Waals surface area contributed by atoms with Gasteiger partial charge in [0.05, 0.1) is 12.5 Å². The molecule has 1 aliphatic carbocycles. The molecule has 0 bridgehead atoms. The van der Waals surface area contributed by atoms with Gasteiger partial charge in [-0.2, -0.15) is 0 Å². The van der Waals surface area contributed by atoms with Crippen molar-refractivity contribution in [2.75, 3.05) is 7.11 Å². The number of carbonyl (C=O) groups excluding carboxylic acids is 1. The van der Waals surface area contributed by atoms with Gasteiger partial charge >= 0.3 is 0 Å². The molecule has 4 heteroatoms. The molecule has 0 saturated carbocycles. The SMILES string of the molecule is CCC1=C(OC)C(CC)(CC)c2oc(-c3cc(C)ccc3C)cc(=O)c2C1=O. The molecule has 1 aliphatic rings. The number of aryl methyl sites for hydroxylation is 2. The molecule has 0 radical (unpaired) electrons. The maximum atomic E-state index is 13.1. The number of methoxy groups -OCH3 is 1. The van der Waals surface area contributed by atoms with Crippen LogP contribution in [-0.2, 0) is 10.2 Å². The van der Waals surface area contributed by atoms with Gasteiger partial charge in [0, 0.05) is 17.2 Å². The summed E-state index contributed by atoms with van der Waals surface area (Å²) in [6.07, 6.45) is 1.87. The molecule has 0 fully saturated rings. The van der Waals surface area contributed by atoms with Gasteiger partial charge in [0.25, 0.3) is 0 Å². The maximum absolute atomic E-state index is 13.1. The van der Waals surface area contributed by atoms with Crippen LogP contribution in [0.5, 0.6) is 0 Å². The highest BCUT2D eigenvalue weighted by atomic mass is 16.5. The Bertz CT molecular complexity index is 1020. The quantitative estimate of drug-likeness (QED) is 0.688. The van der Waals surface area contributed by atoms with Gasteiger partial charge in [-0.3, -0.25) is 9.59 Å². The molecule has 0 atom stereocenters. The molecule has 28 heavy (non-hydrogen) atoms. The smallest absolute Gasteiger partial charge is 0.199 e. The average molecular weight is 380 g/mol. The van der Waals surface area contributed by atoms with Crippen molar-refractivity contribution < 1.29 is 13.9 Å². The summed E-state index contributed by atoms with van der Waals surface area (Å²) >= 11 is 0. The second kappa shape index (κ2) is 7.42. The number of hydrogen-bond donors (Lipinski definition) is 0. The topological polar surface area (TPSA) is 56.5 Å². The molecule has 1 heterocycles. The zero-order valence-electron chi connectivity index (χ0n) is 17.6. The van der Waals surface area contributed by atoms with Crippen molar-refractivity contribution in [1.29, 1.82) is 0 Å². The van der Waals surface area contributed by atoms with Gasteiger partial charge in [-0.1, -0.05) is 38.5 Å². The van der Waals surface area contributed by atoms with E-state index in [1.807, 2.05) is 52.8 Å². The van der Waals surface area contributed by atoms with Crippen LogP contribution in [-0.4, -0.2) is 12.9 Å². The van der Waals surface area contributed by atoms with Gasteiger partial charge < -0.3 is 9.15 Å². The summed E-state index contributed by atoms with van der Waals surface area (Å²) in [5, 5.41) is 0. The summed E-state index contributed by atoms with van der Waals surface area (Å²) in [5.41, 5.74) is 2.82. The van der Waals surface area contributed by atoms with E-state index < -0.39 is 5.41 Å². The molecule has 1 aromatic heterocycles. The van der Waals surface area contributed by atoms with E-state index in [1.54, 1.807) is 7.11 Å². The highest BCUT2D eigenvalue weighted by molar-refractivity contribution is 6.11. The van der Waals surface area contributed by atoms with Gasteiger partial charge in [-0.15, -0.1) is 0 Å². The lowest BCUT2D eigenvalue weighted by molar-refractivity contribution is 0.0975. The highest BCUT2D eigenvalue weighted by Crippen LogP contribution is 2.47. The van der Waals surface area contributed by atoms with Crippen LogP contribution in [0.2, 0.25) is 0 Å². The Balaban J connectivity index is 2.40. The van der Waals surface area contributed by atoms with Crippen LogP contribution >= 0.6 is 0 Å². The maximum Gasteiger partial charge on any atom is 0.199 e. The van der Waals surface area contributed by atoms with Crippen LogP contribution in [0.3, 0.4) is 0 Å². The third-order valence-electron chi connectivity index (χ3n) is 6.02. The summed E-state index contributed by atoms with van der Waals surface area (Å²) in [7, 11) is 1.59. The predicted octanol–water partition coefficient (Wildman–Crippen LogP) is 5.49. The highest BCUT2D eigenvalue weighted by Gasteiger charge is 2.47. The first-order valence-corrected chi connectivity index (χ1v) is 9.93. The zero-order chi connectivity index (χ0) is 20.6. The molecule has 0 unspecified atom stereocenters. The lowest BCUT2D eigenvalue weighted by Crippen LogP contribution is -2.39. The number of carbonyl (C=O) groups is 1. The summed E-state index contributed by atoms with van der Waals surface area (Å²) < 4.78 is 12.1. The van der Waals surface area contributed by atoms with E-state index in [9.17, 15) is 9.59 Å². The fourth-order valence-electron chi connectivity index (χ4n) is 4.36. The Kier molecular flexibility index (Phi) is 5.33. The number of fused-ring (bicyclic) bond motifs is 1. The summed E-state index contributed by atoms with van der Waals surface area (Å²) in [4.78, 5) is 26.2. The summed E-state index contributed by atoms with van der Waals surface area (Å²) in [6.45, 7) is 9.99. The number of benzene rings is 1. The van der Waals surface area contributed by atoms with E-state index in [0.717, 1.165) is 16.7 Å². The molecule has 0 N–H and O–H groups in total. The third kappa shape index (κ3) is 2.83. The normalized spacial score (nSPS) is 15.6. The Morgan fingerprint density at radius 1 is 1.04 bits per heavy atom. The van der Waals surface area contributed by atoms with Crippen LogP contribution < -0.4 is 5.43 Å². The minimum absolute atomic E-state index is 0.162. The Hall–Kier alpha value is -2.62. The van der Waals surface area contributed by atoms with Gasteiger partial charge in [0.1, 0.15) is 22.8 Å². The standard InChI is InChI=1S/C24H28O4/c1-7-16-21(26)20-18(25)13-19(17-12-14(4)10-11-15(17)5)28-23(20)24(8-2,9-3)22(16)27-6/h10-13H,7-9H2,1-6H3. The van der Waals surface area contributed by atoms with Gasteiger partial charge in [-0.05, 0) is 44.7 Å². The molecule has 148 valence electrons. The van der Waals surface area contributed by atoms with E-state index in [1.165, 1.54) is 6.07 Å². The number of rotatable bonds is 5. The minimum atomic E-state index is -0.615. The van der Waals surface area contributed by atoms with Gasteiger partial charge in [0.2, 0.25) is 0 Å². The van der Waals surface area contributed by atoms with Crippen molar-refractivity contribution >= 4 is 5.78 Å². The largest absolute Gasteiger partial charge is 0.500 e. The van der Waals surface area contributed by atoms with Crippen LogP contribution in [0, 0.1) is 13.8 Å². The average Bonchev–Trinajstić information content (AvgIpc) is 2.69. The van der Waals surface area contributed by atoms with Crippen molar-refractivity contribution in [1.82, 2.24) is 0 Å². The van der Waals surface area contributed by atoms with Crippen molar-refractivity contribution in [3.8, 4) is 11.3 Å². The lowest BCUT2D eigenvalue weighted by atomic mass is 9.69. The number of ketones is 1.